The molecule has 2 aromatic rings. The zero-order valence-electron chi connectivity index (χ0n) is 22.4. The number of nitrogens with two attached hydrogens (primary N) is 1. The third-order valence-electron chi connectivity index (χ3n) is 5.54. The first-order chi connectivity index (χ1) is 17.8. The molecule has 0 radical (unpaired) electrons. The van der Waals surface area contributed by atoms with Gasteiger partial charge in [0.1, 0.15) is 16.3 Å². The molecule has 1 aliphatic rings. The molecule has 3 rings (SSSR count). The predicted octanol–water partition coefficient (Wildman–Crippen LogP) is 4.39. The smallest absolute Gasteiger partial charge is 0.413 e. The van der Waals surface area contributed by atoms with E-state index in [2.05, 4.69) is 15.3 Å². The van der Waals surface area contributed by atoms with Gasteiger partial charge < -0.3 is 9.64 Å². The van der Waals surface area contributed by atoms with Crippen LogP contribution < -0.4 is 10.5 Å². The van der Waals surface area contributed by atoms with E-state index < -0.39 is 21.7 Å². The summed E-state index contributed by atoms with van der Waals surface area (Å²) in [6.07, 6.45) is 5.56. The lowest BCUT2D eigenvalue weighted by Crippen LogP contribution is -2.38. The Bertz CT molecular complexity index is 1370. The van der Waals surface area contributed by atoms with Crippen molar-refractivity contribution in [3.05, 3.63) is 47.8 Å². The molecule has 204 valence electrons. The predicted molar refractivity (Wildman–Crippen MR) is 147 cm³/mol. The fourth-order valence-electron chi connectivity index (χ4n) is 3.97. The summed E-state index contributed by atoms with van der Waals surface area (Å²) >= 11 is 0. The summed E-state index contributed by atoms with van der Waals surface area (Å²) in [6, 6.07) is 6.77. The molecule has 11 heteroatoms. The lowest BCUT2D eigenvalue weighted by Gasteiger charge is -2.23. The molecule has 0 atom stereocenters. The molecule has 38 heavy (non-hydrogen) atoms. The largest absolute Gasteiger partial charge is 0.444 e. The summed E-state index contributed by atoms with van der Waals surface area (Å²) < 4.78 is 29.0. The number of hydrogen-bond acceptors (Lipinski definition) is 7. The molecule has 0 saturated carbocycles. The molecule has 0 bridgehead atoms. The molecule has 1 aromatic heterocycles. The molecular weight excluding hydrogens is 506 g/mol. The van der Waals surface area contributed by atoms with Gasteiger partial charge in [-0.25, -0.2) is 23.3 Å². The van der Waals surface area contributed by atoms with Gasteiger partial charge in [-0.1, -0.05) is 26.0 Å². The number of hydrogen-bond donors (Lipinski definition) is 2. The molecule has 10 nitrogen and oxygen atoms in total. The maximum Gasteiger partial charge on any atom is 0.413 e. The Morgan fingerprint density at radius 3 is 2.37 bits per heavy atom. The minimum Gasteiger partial charge on any atom is -0.444 e. The number of aliphatic imine (C=N–C) groups is 1. The molecular formula is C27H35N5O5S. The van der Waals surface area contributed by atoms with Crippen LogP contribution in [0.3, 0.4) is 0 Å². The molecule has 0 saturated heterocycles. The highest BCUT2D eigenvalue weighted by molar-refractivity contribution is 7.89. The average molecular weight is 542 g/mol. The Balaban J connectivity index is 2.08. The first kappa shape index (κ1) is 29.0. The van der Waals surface area contributed by atoms with Crippen molar-refractivity contribution in [3.8, 4) is 11.1 Å². The Morgan fingerprint density at radius 2 is 1.76 bits per heavy atom. The van der Waals surface area contributed by atoms with Crippen molar-refractivity contribution in [2.75, 3.05) is 13.1 Å². The zero-order chi connectivity index (χ0) is 28.1. The third kappa shape index (κ3) is 7.72. The highest BCUT2D eigenvalue weighted by Crippen LogP contribution is 2.32. The Labute approximate surface area is 224 Å². The van der Waals surface area contributed by atoms with Gasteiger partial charge in [-0.2, -0.15) is 0 Å². The average Bonchev–Trinajstić information content (AvgIpc) is 3.00. The summed E-state index contributed by atoms with van der Waals surface area (Å²) in [5, 5.41) is 7.97. The van der Waals surface area contributed by atoms with E-state index >= 15 is 0 Å². The molecule has 0 unspecified atom stereocenters. The van der Waals surface area contributed by atoms with E-state index in [-0.39, 0.29) is 23.1 Å². The number of carbonyl (C=O) groups excluding carboxylic acids is 2. The molecule has 0 aliphatic carbocycles. The van der Waals surface area contributed by atoms with Crippen LogP contribution in [0, 0.1) is 0 Å². The van der Waals surface area contributed by atoms with Crippen LogP contribution in [0.5, 0.6) is 0 Å². The lowest BCUT2D eigenvalue weighted by molar-refractivity contribution is -0.127. The van der Waals surface area contributed by atoms with E-state index in [9.17, 15) is 18.0 Å². The summed E-state index contributed by atoms with van der Waals surface area (Å²) in [5.74, 6) is 0.147. The van der Waals surface area contributed by atoms with Crippen molar-refractivity contribution in [2.24, 2.45) is 10.1 Å². The molecule has 3 N–H and O–H groups in total. The number of aromatic nitrogens is 1. The number of amidine groups is 1. The monoisotopic (exact) mass is 541 g/mol. The number of nitrogens with zero attached hydrogens (tertiary/aromatic N) is 3. The number of alkyl carbamates (subject to hydrolysis) is 1. The SMILES string of the molecule is CCCN(CCC)C(=O)C1=Cc2ccc(-c3cncc(S(N)(=O)=O)c3)cc2N=C(NC(=O)OC(C)(C)C)C1. The fraction of sp³-hybridized carbons (Fsp3) is 0.407. The second-order valence-electron chi connectivity index (χ2n) is 10.1. The van der Waals surface area contributed by atoms with Crippen LogP contribution in [0.1, 0.15) is 59.4 Å². The van der Waals surface area contributed by atoms with Crippen molar-refractivity contribution >= 4 is 39.6 Å². The third-order valence-corrected chi connectivity index (χ3v) is 6.42. The number of ether oxygens (including phenoxy) is 1. The Morgan fingerprint density at radius 1 is 1.08 bits per heavy atom. The van der Waals surface area contributed by atoms with Crippen LogP contribution in [-0.2, 0) is 19.6 Å². The second-order valence-corrected chi connectivity index (χ2v) is 11.6. The normalized spacial score (nSPS) is 13.5. The Kier molecular flexibility index (Phi) is 9.05. The minimum atomic E-state index is -3.93. The molecule has 2 amide bonds. The molecule has 0 spiro atoms. The number of primary sulfonamides is 1. The van der Waals surface area contributed by atoms with Gasteiger partial charge in [0.05, 0.1) is 5.69 Å². The first-order valence-corrected chi connectivity index (χ1v) is 14.0. The van der Waals surface area contributed by atoms with Gasteiger partial charge in [0.15, 0.2) is 0 Å². The number of nitrogens with one attached hydrogen (secondary N) is 1. The highest BCUT2D eigenvalue weighted by Gasteiger charge is 2.24. The fourth-order valence-corrected chi connectivity index (χ4v) is 4.47. The number of fused-ring (bicyclic) bond motifs is 1. The minimum absolute atomic E-state index is 0.106. The van der Waals surface area contributed by atoms with Gasteiger partial charge in [0, 0.05) is 48.6 Å². The number of carbonyl (C=O) groups is 2. The molecule has 1 aliphatic heterocycles. The van der Waals surface area contributed by atoms with E-state index in [1.165, 1.54) is 18.5 Å². The van der Waals surface area contributed by atoms with Crippen molar-refractivity contribution in [2.45, 2.75) is 64.4 Å². The Hall–Kier alpha value is -3.57. The van der Waals surface area contributed by atoms with Crippen LogP contribution in [-0.4, -0.2) is 54.8 Å². The van der Waals surface area contributed by atoms with Gasteiger partial charge >= 0.3 is 6.09 Å². The maximum absolute atomic E-state index is 13.5. The van der Waals surface area contributed by atoms with Crippen LogP contribution in [0.15, 0.2) is 52.1 Å². The standard InChI is InChI=1S/C27H35N5O5S/c1-6-10-32(11-7-2)25(33)20-12-19-9-8-18(21-13-22(17-29-16-21)38(28,35)36)14-23(19)30-24(15-20)31-26(34)37-27(3,4)5/h8-9,12-14,16-17H,6-7,10-11,15H2,1-5H3,(H2,28,35,36)(H,30,31,34). The van der Waals surface area contributed by atoms with Crippen LogP contribution in [0.25, 0.3) is 17.2 Å². The molecule has 1 aromatic carbocycles. The van der Waals surface area contributed by atoms with Crippen molar-refractivity contribution in [3.63, 3.8) is 0 Å². The van der Waals surface area contributed by atoms with Gasteiger partial charge in [0.2, 0.25) is 15.9 Å². The van der Waals surface area contributed by atoms with Gasteiger partial charge in [0.25, 0.3) is 0 Å². The zero-order valence-corrected chi connectivity index (χ0v) is 23.3. The van der Waals surface area contributed by atoms with E-state index in [0.29, 0.717) is 41.0 Å². The van der Waals surface area contributed by atoms with E-state index in [0.717, 1.165) is 12.8 Å². The van der Waals surface area contributed by atoms with Crippen LogP contribution in [0.2, 0.25) is 0 Å². The summed E-state index contributed by atoms with van der Waals surface area (Å²) in [7, 11) is -3.93. The second kappa shape index (κ2) is 11.9. The highest BCUT2D eigenvalue weighted by atomic mass is 32.2. The number of sulfonamides is 1. The van der Waals surface area contributed by atoms with Gasteiger partial charge in [-0.15, -0.1) is 0 Å². The summed E-state index contributed by atoms with van der Waals surface area (Å²) in [6.45, 7) is 10.6. The van der Waals surface area contributed by atoms with Crippen molar-refractivity contribution < 1.29 is 22.7 Å². The topological polar surface area (TPSA) is 144 Å². The number of pyridine rings is 1. The van der Waals surface area contributed by atoms with Gasteiger partial charge in [-0.3, -0.25) is 15.1 Å². The summed E-state index contributed by atoms with van der Waals surface area (Å²) in [4.78, 5) is 36.5. The number of benzene rings is 1. The molecule has 0 fully saturated rings. The van der Waals surface area contributed by atoms with Crippen LogP contribution in [0.4, 0.5) is 10.5 Å². The first-order valence-electron chi connectivity index (χ1n) is 12.5. The quantitative estimate of drug-likeness (QED) is 0.532. The molecule has 2 heterocycles. The number of rotatable bonds is 7. The maximum atomic E-state index is 13.5. The summed E-state index contributed by atoms with van der Waals surface area (Å²) in [5.41, 5.74) is 2.12. The number of amides is 2. The van der Waals surface area contributed by atoms with Crippen molar-refractivity contribution in [1.29, 1.82) is 0 Å². The van der Waals surface area contributed by atoms with E-state index in [1.54, 1.807) is 49.9 Å². The van der Waals surface area contributed by atoms with E-state index in [4.69, 9.17) is 9.88 Å². The van der Waals surface area contributed by atoms with Gasteiger partial charge in [-0.05, 0) is 57.4 Å². The van der Waals surface area contributed by atoms with Crippen LogP contribution >= 0.6 is 0 Å². The van der Waals surface area contributed by atoms with E-state index in [1.807, 2.05) is 13.8 Å². The van der Waals surface area contributed by atoms with Crippen molar-refractivity contribution in [1.82, 2.24) is 15.2 Å². The lowest BCUT2D eigenvalue weighted by atomic mass is 10.0.